The molecule has 0 aliphatic carbocycles. The molecule has 112 valence electrons. The van der Waals surface area contributed by atoms with Crippen molar-refractivity contribution in [2.24, 2.45) is 0 Å². The number of aromatic nitrogens is 1. The van der Waals surface area contributed by atoms with Gasteiger partial charge in [-0.1, -0.05) is 18.2 Å². The maximum absolute atomic E-state index is 4.38. The summed E-state index contributed by atoms with van der Waals surface area (Å²) in [5.41, 5.74) is 1.03. The topological polar surface area (TPSA) is 41.1 Å². The smallest absolute Gasteiger partial charge is 0.0161 e. The van der Waals surface area contributed by atoms with Crippen molar-refractivity contribution in [2.75, 3.05) is 14.1 Å². The Hall–Kier alpha value is -1.86. The summed E-state index contributed by atoms with van der Waals surface area (Å²) in [6.07, 6.45) is 5.10. The Morgan fingerprint density at radius 3 is 2.33 bits per heavy atom. The van der Waals surface area contributed by atoms with Gasteiger partial charge in [-0.3, -0.25) is 0 Å². The zero-order valence-corrected chi connectivity index (χ0v) is 14.2. The molecule has 0 N–H and O–H groups in total. The molecule has 0 aliphatic rings. The first-order valence-corrected chi connectivity index (χ1v) is 6.34. The normalized spacial score (nSPS) is 9.81. The number of benzene rings is 2. The van der Waals surface area contributed by atoms with Gasteiger partial charge >= 0.3 is 0 Å². The van der Waals surface area contributed by atoms with E-state index < -0.39 is 0 Å². The van der Waals surface area contributed by atoms with Gasteiger partial charge in [0.05, 0.1) is 0 Å². The molecular formula is C17H16N3Pt-3. The maximum Gasteiger partial charge on any atom is 0.0161 e. The van der Waals surface area contributed by atoms with E-state index in [-0.39, 0.29) is 21.1 Å². The summed E-state index contributed by atoms with van der Waals surface area (Å²) in [4.78, 5) is 4.38. The van der Waals surface area contributed by atoms with E-state index in [9.17, 15) is 0 Å². The standard InChI is InChI=1S/C13H8N.C4H8N2.Pt/c1-2-6-12-10(4-1)7-8-11-5-3-9-14-13(11)12;1-5-3-4-6-2;/h1-5,7-9H;3-4H,1-2H3;/q-1;-2;/b;4-3-;. The number of pyridine rings is 1. The summed E-state index contributed by atoms with van der Waals surface area (Å²) >= 11 is 0. The van der Waals surface area contributed by atoms with Gasteiger partial charge in [0.1, 0.15) is 0 Å². The SMILES string of the molecule is C[N-]/C=C\[N-]C.[Pt].[c-]1cccc2ccc3cccnc3c12. The van der Waals surface area contributed by atoms with Crippen molar-refractivity contribution in [3.8, 4) is 0 Å². The summed E-state index contributed by atoms with van der Waals surface area (Å²) in [6, 6.07) is 17.5. The Morgan fingerprint density at radius 2 is 1.62 bits per heavy atom. The number of nitrogens with zero attached hydrogens (tertiary/aromatic N) is 3. The Morgan fingerprint density at radius 1 is 0.952 bits per heavy atom. The molecular weight excluding hydrogens is 441 g/mol. The Kier molecular flexibility index (Phi) is 7.48. The minimum Gasteiger partial charge on any atom is -0.695 e. The van der Waals surface area contributed by atoms with Crippen molar-refractivity contribution in [1.82, 2.24) is 4.98 Å². The summed E-state index contributed by atoms with van der Waals surface area (Å²) in [5, 5.41) is 10.8. The number of hydrogen-bond donors (Lipinski definition) is 0. The van der Waals surface area contributed by atoms with E-state index in [1.54, 1.807) is 26.5 Å². The molecule has 1 aromatic heterocycles. The van der Waals surface area contributed by atoms with Crippen molar-refractivity contribution in [2.45, 2.75) is 0 Å². The summed E-state index contributed by atoms with van der Waals surface area (Å²) in [6.45, 7) is 0. The van der Waals surface area contributed by atoms with E-state index in [4.69, 9.17) is 0 Å². The number of rotatable bonds is 2. The summed E-state index contributed by atoms with van der Waals surface area (Å²) in [7, 11) is 3.42. The first-order valence-electron chi connectivity index (χ1n) is 6.34. The average Bonchev–Trinajstić information content (AvgIpc) is 2.53. The average molecular weight is 457 g/mol. The molecule has 0 saturated carbocycles. The summed E-state index contributed by atoms with van der Waals surface area (Å²) < 4.78 is 0. The molecule has 1 heterocycles. The van der Waals surface area contributed by atoms with Crippen molar-refractivity contribution in [3.05, 3.63) is 77.8 Å². The van der Waals surface area contributed by atoms with Crippen LogP contribution in [0.3, 0.4) is 0 Å². The third-order valence-electron chi connectivity index (χ3n) is 2.77. The van der Waals surface area contributed by atoms with Gasteiger partial charge in [0.15, 0.2) is 0 Å². The van der Waals surface area contributed by atoms with Crippen LogP contribution in [0.5, 0.6) is 0 Å². The molecule has 2 aromatic carbocycles. The van der Waals surface area contributed by atoms with E-state index in [0.29, 0.717) is 0 Å². The molecule has 0 aliphatic heterocycles. The van der Waals surface area contributed by atoms with Crippen LogP contribution in [0.2, 0.25) is 0 Å². The van der Waals surface area contributed by atoms with E-state index >= 15 is 0 Å². The van der Waals surface area contributed by atoms with E-state index in [1.807, 2.05) is 24.4 Å². The van der Waals surface area contributed by atoms with Gasteiger partial charge in [0, 0.05) is 27.3 Å². The van der Waals surface area contributed by atoms with Crippen LogP contribution < -0.4 is 0 Å². The second-order valence-corrected chi connectivity index (χ2v) is 4.09. The molecule has 0 fully saturated rings. The van der Waals surface area contributed by atoms with Crippen LogP contribution in [0.1, 0.15) is 0 Å². The molecule has 4 heteroatoms. The van der Waals surface area contributed by atoms with E-state index in [2.05, 4.69) is 45.9 Å². The molecule has 0 radical (unpaired) electrons. The fraction of sp³-hybridized carbons (Fsp3) is 0.118. The van der Waals surface area contributed by atoms with E-state index in [0.717, 1.165) is 10.9 Å². The second kappa shape index (κ2) is 9.14. The fourth-order valence-electron chi connectivity index (χ4n) is 1.87. The largest absolute Gasteiger partial charge is 0.695 e. The molecule has 3 nitrogen and oxygen atoms in total. The molecule has 3 rings (SSSR count). The van der Waals surface area contributed by atoms with Crippen molar-refractivity contribution in [3.63, 3.8) is 0 Å². The molecule has 21 heavy (non-hydrogen) atoms. The van der Waals surface area contributed by atoms with Crippen LogP contribution in [-0.2, 0) is 21.1 Å². The van der Waals surface area contributed by atoms with Crippen LogP contribution >= 0.6 is 0 Å². The van der Waals surface area contributed by atoms with Crippen molar-refractivity contribution < 1.29 is 21.1 Å². The second-order valence-electron chi connectivity index (χ2n) is 4.09. The molecule has 0 bridgehead atoms. The Bertz CT molecular complexity index is 650. The van der Waals surface area contributed by atoms with Crippen LogP contribution in [0.4, 0.5) is 0 Å². The predicted octanol–water partition coefficient (Wildman–Crippen LogP) is 4.65. The molecule has 0 atom stereocenters. The van der Waals surface area contributed by atoms with Gasteiger partial charge in [-0.2, -0.15) is 0 Å². The van der Waals surface area contributed by atoms with Gasteiger partial charge < -0.3 is 15.6 Å². The summed E-state index contributed by atoms with van der Waals surface area (Å²) in [5.74, 6) is 0. The van der Waals surface area contributed by atoms with Gasteiger partial charge in [-0.05, 0) is 17.0 Å². The van der Waals surface area contributed by atoms with Gasteiger partial charge in [-0.15, -0.1) is 49.1 Å². The van der Waals surface area contributed by atoms with Crippen LogP contribution in [-0.4, -0.2) is 19.1 Å². The zero-order valence-electron chi connectivity index (χ0n) is 11.9. The zero-order chi connectivity index (χ0) is 14.2. The molecule has 0 amide bonds. The van der Waals surface area contributed by atoms with Crippen LogP contribution in [0, 0.1) is 6.07 Å². The van der Waals surface area contributed by atoms with Crippen molar-refractivity contribution in [1.29, 1.82) is 0 Å². The third-order valence-corrected chi connectivity index (χ3v) is 2.77. The predicted molar refractivity (Wildman–Crippen MR) is 85.8 cm³/mol. The van der Waals surface area contributed by atoms with E-state index in [1.165, 1.54) is 10.8 Å². The first kappa shape index (κ1) is 17.2. The van der Waals surface area contributed by atoms with Crippen molar-refractivity contribution >= 4 is 21.7 Å². The van der Waals surface area contributed by atoms with Crippen LogP contribution in [0.25, 0.3) is 32.3 Å². The number of fused-ring (bicyclic) bond motifs is 3. The first-order chi connectivity index (χ1) is 9.86. The Labute approximate surface area is 139 Å². The quantitative estimate of drug-likeness (QED) is 0.408. The fourth-order valence-corrected chi connectivity index (χ4v) is 1.87. The molecule has 0 spiro atoms. The van der Waals surface area contributed by atoms with Crippen LogP contribution in [0.15, 0.2) is 61.1 Å². The molecule has 0 saturated heterocycles. The maximum atomic E-state index is 4.38. The molecule has 3 aromatic rings. The monoisotopic (exact) mass is 457 g/mol. The van der Waals surface area contributed by atoms with Gasteiger partial charge in [-0.25, -0.2) is 12.4 Å². The minimum absolute atomic E-state index is 0. The molecule has 0 unspecified atom stereocenters. The number of hydrogen-bond acceptors (Lipinski definition) is 1. The van der Waals surface area contributed by atoms with Gasteiger partial charge in [0.2, 0.25) is 0 Å². The third kappa shape index (κ3) is 4.57. The minimum atomic E-state index is 0. The Balaban J connectivity index is 0.000000275. The van der Waals surface area contributed by atoms with Gasteiger partial charge in [0.25, 0.3) is 0 Å².